The molecule has 0 N–H and O–H groups in total. The van der Waals surface area contributed by atoms with Gasteiger partial charge in [-0.15, -0.1) is 0 Å². The van der Waals surface area contributed by atoms with Crippen LogP contribution in [0.25, 0.3) is 0 Å². The Morgan fingerprint density at radius 2 is 2.00 bits per heavy atom. The Morgan fingerprint density at radius 3 is 2.54 bits per heavy atom. The molecule has 0 bridgehead atoms. The third-order valence-corrected chi connectivity index (χ3v) is 4.67. The first-order chi connectivity index (χ1) is 11.2. The molecule has 1 aliphatic rings. The average Bonchev–Trinajstić information content (AvgIpc) is 2.92. The van der Waals surface area contributed by atoms with Crippen molar-refractivity contribution in [1.82, 2.24) is 4.90 Å². The highest BCUT2D eigenvalue weighted by molar-refractivity contribution is 6.42. The molecule has 132 valence electrons. The van der Waals surface area contributed by atoms with Crippen molar-refractivity contribution < 1.29 is 19.1 Å². The number of carbonyl (C=O) groups excluding carboxylic acids is 2. The average molecular weight is 374 g/mol. The molecule has 0 radical (unpaired) electrons. The standard InChI is InChI=1S/C17H21Cl2NO4/c1-17(2,3)24-16(22)20-8-10(7-11(20)9-21)14-13(23-4)6-5-12(18)15(14)19/h5-6,9-11H,7-8H2,1-4H3. The number of rotatable bonds is 3. The maximum absolute atomic E-state index is 12.4. The number of halogens is 2. The Labute approximate surface area is 151 Å². The fraction of sp³-hybridized carbons (Fsp3) is 0.529. The smallest absolute Gasteiger partial charge is 0.410 e. The van der Waals surface area contributed by atoms with E-state index in [4.69, 9.17) is 32.7 Å². The Bertz CT molecular complexity index is 642. The van der Waals surface area contributed by atoms with Gasteiger partial charge in [-0.1, -0.05) is 23.2 Å². The summed E-state index contributed by atoms with van der Waals surface area (Å²) in [6, 6.07) is 2.82. The molecule has 2 rings (SSSR count). The van der Waals surface area contributed by atoms with Crippen LogP contribution in [0.2, 0.25) is 10.0 Å². The normalized spacial score (nSPS) is 20.8. The zero-order chi connectivity index (χ0) is 18.1. The van der Waals surface area contributed by atoms with Crippen LogP contribution >= 0.6 is 23.2 Å². The van der Waals surface area contributed by atoms with Crippen LogP contribution in [0.1, 0.15) is 38.7 Å². The highest BCUT2D eigenvalue weighted by Crippen LogP contribution is 2.43. The van der Waals surface area contributed by atoms with Gasteiger partial charge in [-0.05, 0) is 39.3 Å². The van der Waals surface area contributed by atoms with E-state index in [9.17, 15) is 9.59 Å². The number of aldehydes is 1. The van der Waals surface area contributed by atoms with Crippen molar-refractivity contribution >= 4 is 35.6 Å². The van der Waals surface area contributed by atoms with E-state index in [0.717, 1.165) is 6.29 Å². The summed E-state index contributed by atoms with van der Waals surface area (Å²) >= 11 is 12.5. The number of hydrogen-bond donors (Lipinski definition) is 0. The molecule has 1 amide bonds. The van der Waals surface area contributed by atoms with Crippen molar-refractivity contribution in [3.05, 3.63) is 27.7 Å². The molecule has 2 atom stereocenters. The fourth-order valence-electron chi connectivity index (χ4n) is 2.84. The zero-order valence-electron chi connectivity index (χ0n) is 14.1. The van der Waals surface area contributed by atoms with Gasteiger partial charge in [-0.2, -0.15) is 0 Å². The van der Waals surface area contributed by atoms with Crippen molar-refractivity contribution in [2.75, 3.05) is 13.7 Å². The van der Waals surface area contributed by atoms with Crippen molar-refractivity contribution in [2.45, 2.75) is 44.8 Å². The number of nitrogens with zero attached hydrogens (tertiary/aromatic N) is 1. The minimum atomic E-state index is -0.631. The first-order valence-corrected chi connectivity index (χ1v) is 8.40. The van der Waals surface area contributed by atoms with E-state index in [2.05, 4.69) is 0 Å². The second kappa shape index (κ2) is 7.19. The molecular weight excluding hydrogens is 353 g/mol. The fourth-order valence-corrected chi connectivity index (χ4v) is 3.32. The summed E-state index contributed by atoms with van der Waals surface area (Å²) in [4.78, 5) is 25.2. The number of amides is 1. The predicted octanol–water partition coefficient (Wildman–Crippen LogP) is 4.29. The zero-order valence-corrected chi connectivity index (χ0v) is 15.6. The van der Waals surface area contributed by atoms with Crippen molar-refractivity contribution in [3.63, 3.8) is 0 Å². The molecule has 0 aliphatic carbocycles. The van der Waals surface area contributed by atoms with Gasteiger partial charge in [0.15, 0.2) is 0 Å². The molecule has 1 aliphatic heterocycles. The van der Waals surface area contributed by atoms with Gasteiger partial charge in [-0.25, -0.2) is 4.79 Å². The predicted molar refractivity (Wildman–Crippen MR) is 93.2 cm³/mol. The van der Waals surface area contributed by atoms with Gasteiger partial charge >= 0.3 is 6.09 Å². The van der Waals surface area contributed by atoms with Gasteiger partial charge in [0.1, 0.15) is 17.6 Å². The summed E-state index contributed by atoms with van der Waals surface area (Å²) in [5.41, 5.74) is 0.0816. The third-order valence-electron chi connectivity index (χ3n) is 3.85. The van der Waals surface area contributed by atoms with Crippen molar-refractivity contribution in [1.29, 1.82) is 0 Å². The lowest BCUT2D eigenvalue weighted by atomic mass is 9.95. The third kappa shape index (κ3) is 3.95. The van der Waals surface area contributed by atoms with E-state index in [1.807, 2.05) is 0 Å². The summed E-state index contributed by atoms with van der Waals surface area (Å²) in [6.45, 7) is 5.66. The number of carbonyl (C=O) groups is 2. The summed E-state index contributed by atoms with van der Waals surface area (Å²) in [7, 11) is 1.54. The topological polar surface area (TPSA) is 55.8 Å². The maximum atomic E-state index is 12.4. The largest absolute Gasteiger partial charge is 0.496 e. The van der Waals surface area contributed by atoms with E-state index in [0.29, 0.717) is 34.3 Å². The highest BCUT2D eigenvalue weighted by atomic mass is 35.5. The van der Waals surface area contributed by atoms with Gasteiger partial charge in [0.05, 0.1) is 23.2 Å². The lowest BCUT2D eigenvalue weighted by Gasteiger charge is -2.26. The van der Waals surface area contributed by atoms with Crippen LogP contribution in [-0.4, -0.2) is 42.6 Å². The van der Waals surface area contributed by atoms with Crippen molar-refractivity contribution in [3.8, 4) is 5.75 Å². The van der Waals surface area contributed by atoms with Crippen LogP contribution in [0.15, 0.2) is 12.1 Å². The summed E-state index contributed by atoms with van der Waals surface area (Å²) in [5, 5.41) is 0.794. The molecule has 1 saturated heterocycles. The van der Waals surface area contributed by atoms with Gasteiger partial charge in [0.2, 0.25) is 0 Å². The Kier molecular flexibility index (Phi) is 5.66. The quantitative estimate of drug-likeness (QED) is 0.741. The SMILES string of the molecule is COc1ccc(Cl)c(Cl)c1C1CC(C=O)N(C(=O)OC(C)(C)C)C1. The first kappa shape index (κ1) is 18.9. The molecule has 1 heterocycles. The second-order valence-corrected chi connectivity index (χ2v) is 7.53. The van der Waals surface area contributed by atoms with E-state index in [1.165, 1.54) is 4.90 Å². The van der Waals surface area contributed by atoms with E-state index in [1.54, 1.807) is 40.0 Å². The number of hydrogen-bond acceptors (Lipinski definition) is 4. The molecule has 24 heavy (non-hydrogen) atoms. The maximum Gasteiger partial charge on any atom is 0.410 e. The molecule has 0 spiro atoms. The molecule has 1 aromatic rings. The van der Waals surface area contributed by atoms with Gasteiger partial charge in [-0.3, -0.25) is 4.90 Å². The number of likely N-dealkylation sites (tertiary alicyclic amines) is 1. The van der Waals surface area contributed by atoms with E-state index >= 15 is 0 Å². The van der Waals surface area contributed by atoms with Crippen molar-refractivity contribution in [2.24, 2.45) is 0 Å². The number of ether oxygens (including phenoxy) is 2. The van der Waals surface area contributed by atoms with Gasteiger partial charge < -0.3 is 14.3 Å². The minimum Gasteiger partial charge on any atom is -0.496 e. The second-order valence-electron chi connectivity index (χ2n) is 6.75. The summed E-state index contributed by atoms with van der Waals surface area (Å²) in [6.07, 6.45) is 0.688. The molecule has 1 fully saturated rings. The van der Waals surface area contributed by atoms with Gasteiger partial charge in [0, 0.05) is 18.0 Å². The number of benzene rings is 1. The van der Waals surface area contributed by atoms with E-state index < -0.39 is 17.7 Å². The van der Waals surface area contributed by atoms with Crippen LogP contribution in [-0.2, 0) is 9.53 Å². The Hall–Kier alpha value is -1.46. The number of methoxy groups -OCH3 is 1. The van der Waals surface area contributed by atoms with Crippen LogP contribution in [0.5, 0.6) is 5.75 Å². The Morgan fingerprint density at radius 1 is 1.33 bits per heavy atom. The van der Waals surface area contributed by atoms with Crippen LogP contribution in [0.4, 0.5) is 4.79 Å². The minimum absolute atomic E-state index is 0.158. The lowest BCUT2D eigenvalue weighted by Crippen LogP contribution is -2.40. The lowest BCUT2D eigenvalue weighted by molar-refractivity contribution is -0.111. The molecule has 0 aromatic heterocycles. The van der Waals surface area contributed by atoms with Crippen LogP contribution < -0.4 is 4.74 Å². The first-order valence-electron chi connectivity index (χ1n) is 7.64. The van der Waals surface area contributed by atoms with E-state index in [-0.39, 0.29) is 5.92 Å². The molecule has 5 nitrogen and oxygen atoms in total. The molecule has 1 aromatic carbocycles. The van der Waals surface area contributed by atoms with Crippen LogP contribution in [0, 0.1) is 0 Å². The Balaban J connectivity index is 2.31. The molecule has 2 unspecified atom stereocenters. The van der Waals surface area contributed by atoms with Crippen LogP contribution in [0.3, 0.4) is 0 Å². The monoisotopic (exact) mass is 373 g/mol. The summed E-state index contributed by atoms with van der Waals surface area (Å²) < 4.78 is 10.8. The molecule has 0 saturated carbocycles. The highest BCUT2D eigenvalue weighted by Gasteiger charge is 2.40. The van der Waals surface area contributed by atoms with Gasteiger partial charge in [0.25, 0.3) is 0 Å². The summed E-state index contributed by atoms with van der Waals surface area (Å²) in [5.74, 6) is 0.430. The molecule has 7 heteroatoms. The molecular formula is C17H21Cl2NO4.